The summed E-state index contributed by atoms with van der Waals surface area (Å²) in [5.41, 5.74) is 4.43. The summed E-state index contributed by atoms with van der Waals surface area (Å²) < 4.78 is 25.4. The molecule has 3 heterocycles. The van der Waals surface area contributed by atoms with Crippen LogP contribution in [0, 0.1) is 12.7 Å². The molecule has 2 aromatic heterocycles. The Bertz CT molecular complexity index is 2280. The number of para-hydroxylation sites is 2. The van der Waals surface area contributed by atoms with E-state index in [9.17, 15) is 14.0 Å². The fourth-order valence-electron chi connectivity index (χ4n) is 5.55. The van der Waals surface area contributed by atoms with E-state index in [1.165, 1.54) is 15.6 Å². The molecule has 11 heteroatoms. The molecule has 1 fully saturated rings. The van der Waals surface area contributed by atoms with Crippen molar-refractivity contribution in [3.63, 3.8) is 0 Å². The number of aromatic nitrogens is 4. The summed E-state index contributed by atoms with van der Waals surface area (Å²) >= 11 is 6.82. The molecule has 4 aromatic carbocycles. The number of benzene rings is 4. The number of amides is 1. The second-order valence-corrected chi connectivity index (χ2v) is 12.7. The van der Waals surface area contributed by atoms with E-state index in [0.29, 0.717) is 38.9 Å². The molecule has 48 heavy (non-hydrogen) atoms. The third-order valence-corrected chi connectivity index (χ3v) is 9.35. The summed E-state index contributed by atoms with van der Waals surface area (Å²) in [5.74, 6) is -0.188. The summed E-state index contributed by atoms with van der Waals surface area (Å²) in [6.45, 7) is 1.86. The number of rotatable bonds is 8. The van der Waals surface area contributed by atoms with Gasteiger partial charge in [0.05, 0.1) is 22.0 Å². The van der Waals surface area contributed by atoms with Crippen molar-refractivity contribution in [1.29, 1.82) is 0 Å². The van der Waals surface area contributed by atoms with Crippen LogP contribution in [0.4, 0.5) is 10.1 Å². The molecule has 238 valence electrons. The molecule has 0 radical (unpaired) electrons. The van der Waals surface area contributed by atoms with Crippen molar-refractivity contribution in [3.8, 4) is 28.4 Å². The van der Waals surface area contributed by atoms with Crippen molar-refractivity contribution < 1.29 is 13.9 Å². The van der Waals surface area contributed by atoms with Crippen LogP contribution in [-0.4, -0.2) is 29.4 Å². The van der Waals surface area contributed by atoms with E-state index in [-0.39, 0.29) is 28.0 Å². The van der Waals surface area contributed by atoms with Crippen LogP contribution in [0.1, 0.15) is 16.8 Å². The largest absolute Gasteiger partial charge is 0.489 e. The summed E-state index contributed by atoms with van der Waals surface area (Å²) in [7, 11) is 1.78. The summed E-state index contributed by atoms with van der Waals surface area (Å²) in [6.07, 6.45) is 3.60. The fraction of sp³-hybridized carbons (Fsp3) is 0.0811. The normalized spacial score (nSPS) is 13.9. The molecule has 0 atom stereocenters. The number of hydrogen-bond donors (Lipinski definition) is 0. The van der Waals surface area contributed by atoms with E-state index in [1.807, 2.05) is 85.1 Å². The van der Waals surface area contributed by atoms with Gasteiger partial charge < -0.3 is 4.74 Å². The van der Waals surface area contributed by atoms with Gasteiger partial charge in [-0.25, -0.2) is 13.8 Å². The zero-order chi connectivity index (χ0) is 33.4. The number of anilines is 1. The Kier molecular flexibility index (Phi) is 8.38. The van der Waals surface area contributed by atoms with Crippen molar-refractivity contribution in [2.45, 2.75) is 13.5 Å². The van der Waals surface area contributed by atoms with Crippen molar-refractivity contribution in [2.75, 3.05) is 4.90 Å². The summed E-state index contributed by atoms with van der Waals surface area (Å²) in [4.78, 5) is 29.5. The molecule has 0 spiro atoms. The molecule has 7 rings (SSSR count). The Labute approximate surface area is 285 Å². The second kappa shape index (κ2) is 12.9. The Balaban J connectivity index is 1.26. The first-order chi connectivity index (χ1) is 23.3. The maximum Gasteiger partial charge on any atom is 0.296 e. The molecule has 1 amide bonds. The average molecular weight is 674 g/mol. The fourth-order valence-corrected chi connectivity index (χ4v) is 6.82. The topological polar surface area (TPSA) is 74.3 Å². The van der Waals surface area contributed by atoms with Crippen LogP contribution >= 0.6 is 24.0 Å². The zero-order valence-electron chi connectivity index (χ0n) is 25.9. The molecule has 6 aromatic rings. The van der Waals surface area contributed by atoms with Crippen LogP contribution < -0.4 is 15.2 Å². The highest BCUT2D eigenvalue weighted by atomic mass is 32.2. The third-order valence-electron chi connectivity index (χ3n) is 8.05. The average Bonchev–Trinajstić information content (AvgIpc) is 3.72. The van der Waals surface area contributed by atoms with Gasteiger partial charge in [-0.05, 0) is 55.5 Å². The van der Waals surface area contributed by atoms with Crippen molar-refractivity contribution in [2.24, 2.45) is 7.05 Å². The molecule has 8 nitrogen and oxygen atoms in total. The van der Waals surface area contributed by atoms with E-state index in [2.05, 4.69) is 0 Å². The molecule has 1 aliphatic heterocycles. The smallest absolute Gasteiger partial charge is 0.296 e. The molecule has 0 N–H and O–H groups in total. The van der Waals surface area contributed by atoms with E-state index in [1.54, 1.807) is 53.7 Å². The highest BCUT2D eigenvalue weighted by molar-refractivity contribution is 8.27. The molecule has 0 aliphatic carbocycles. The van der Waals surface area contributed by atoms with Gasteiger partial charge in [0, 0.05) is 29.9 Å². The minimum absolute atomic E-state index is 0.0643. The van der Waals surface area contributed by atoms with E-state index in [0.717, 1.165) is 23.0 Å². The summed E-state index contributed by atoms with van der Waals surface area (Å²) in [5, 5.41) is 4.90. The number of carbonyl (C=O) groups excluding carboxylic acids is 1. The molecule has 0 bridgehead atoms. The quantitative estimate of drug-likeness (QED) is 0.123. The Morgan fingerprint density at radius 2 is 1.58 bits per heavy atom. The number of thioether (sulfide) groups is 1. The Morgan fingerprint density at radius 3 is 2.31 bits per heavy atom. The zero-order valence-corrected chi connectivity index (χ0v) is 27.5. The lowest BCUT2D eigenvalue weighted by atomic mass is 10.1. The first kappa shape index (κ1) is 31.1. The van der Waals surface area contributed by atoms with Gasteiger partial charge in [-0.15, -0.1) is 0 Å². The van der Waals surface area contributed by atoms with Gasteiger partial charge in [0.2, 0.25) is 0 Å². The van der Waals surface area contributed by atoms with Crippen molar-refractivity contribution in [3.05, 3.63) is 153 Å². The number of thiocarbonyl (C=S) groups is 1. The Morgan fingerprint density at radius 1 is 0.896 bits per heavy atom. The number of carbonyl (C=O) groups is 1. The molecular formula is C37H28FN5O3S2. The van der Waals surface area contributed by atoms with Gasteiger partial charge in [0.15, 0.2) is 4.32 Å². The maximum absolute atomic E-state index is 14.2. The number of nitrogens with zero attached hydrogens (tertiary/aromatic N) is 5. The molecule has 1 saturated heterocycles. The lowest BCUT2D eigenvalue weighted by Gasteiger charge is -2.12. The van der Waals surface area contributed by atoms with E-state index in [4.69, 9.17) is 22.1 Å². The minimum Gasteiger partial charge on any atom is -0.489 e. The number of hydrogen-bond acceptors (Lipinski definition) is 6. The lowest BCUT2D eigenvalue weighted by Crippen LogP contribution is -2.33. The van der Waals surface area contributed by atoms with Crippen LogP contribution in [0.15, 0.2) is 125 Å². The first-order valence-corrected chi connectivity index (χ1v) is 16.3. The Hall–Kier alpha value is -5.52. The number of ether oxygens (including phenoxy) is 1. The minimum atomic E-state index is -0.392. The van der Waals surface area contributed by atoms with Crippen LogP contribution in [-0.2, 0) is 18.4 Å². The highest BCUT2D eigenvalue weighted by Crippen LogP contribution is 2.38. The van der Waals surface area contributed by atoms with Crippen LogP contribution in [0.25, 0.3) is 28.7 Å². The third kappa shape index (κ3) is 5.78. The standard InChI is InChI=1S/C37H28FN5O3S2/c1-24-34(36(45)43(40(24)2)29-16-7-4-8-17-29)42-35(44)32(48-37(42)47)21-27-22-41(28-14-5-3-6-15-28)39-33(27)25-13-11-18-30(20-25)46-23-26-12-9-10-19-31(26)38/h3-22H,23H2,1-2H3. The van der Waals surface area contributed by atoms with Crippen molar-refractivity contribution in [1.82, 2.24) is 19.1 Å². The van der Waals surface area contributed by atoms with Crippen LogP contribution in [0.5, 0.6) is 5.75 Å². The monoisotopic (exact) mass is 673 g/mol. The lowest BCUT2D eigenvalue weighted by molar-refractivity contribution is -0.113. The number of halogens is 1. The van der Waals surface area contributed by atoms with Crippen LogP contribution in [0.2, 0.25) is 0 Å². The predicted molar refractivity (Wildman–Crippen MR) is 191 cm³/mol. The van der Waals surface area contributed by atoms with Gasteiger partial charge >= 0.3 is 0 Å². The van der Waals surface area contributed by atoms with Gasteiger partial charge in [-0.3, -0.25) is 19.2 Å². The van der Waals surface area contributed by atoms with Gasteiger partial charge in [0.25, 0.3) is 11.5 Å². The SMILES string of the molecule is Cc1c(N2C(=O)C(=Cc3cn(-c4ccccc4)nc3-c3cccc(OCc4ccccc4F)c3)SC2=S)c(=O)n(-c2ccccc2)n1C. The second-order valence-electron chi connectivity index (χ2n) is 11.0. The molecule has 0 saturated carbocycles. The van der Waals surface area contributed by atoms with Crippen molar-refractivity contribution >= 4 is 46.0 Å². The first-order valence-electron chi connectivity index (χ1n) is 15.0. The van der Waals surface area contributed by atoms with Gasteiger partial charge in [-0.2, -0.15) is 5.10 Å². The van der Waals surface area contributed by atoms with E-state index < -0.39 is 5.91 Å². The van der Waals surface area contributed by atoms with Crippen LogP contribution in [0.3, 0.4) is 0 Å². The van der Waals surface area contributed by atoms with Gasteiger partial charge in [-0.1, -0.05) is 90.7 Å². The van der Waals surface area contributed by atoms with Gasteiger partial charge in [0.1, 0.15) is 29.6 Å². The molecule has 1 aliphatic rings. The molecular weight excluding hydrogens is 646 g/mol. The highest BCUT2D eigenvalue weighted by Gasteiger charge is 2.38. The predicted octanol–water partition coefficient (Wildman–Crippen LogP) is 7.46. The molecule has 0 unspecified atom stereocenters. The van der Waals surface area contributed by atoms with E-state index >= 15 is 0 Å². The maximum atomic E-state index is 14.2. The summed E-state index contributed by atoms with van der Waals surface area (Å²) in [6, 6.07) is 32.7.